The van der Waals surface area contributed by atoms with E-state index in [2.05, 4.69) is 0 Å². The summed E-state index contributed by atoms with van der Waals surface area (Å²) >= 11 is 6.25. The molecule has 0 aliphatic carbocycles. The summed E-state index contributed by atoms with van der Waals surface area (Å²) in [5.74, 6) is 0.558. The Kier molecular flexibility index (Phi) is 4.61. The number of para-hydroxylation sites is 1. The zero-order chi connectivity index (χ0) is 18.8. The van der Waals surface area contributed by atoms with E-state index in [9.17, 15) is 4.79 Å². The predicted octanol–water partition coefficient (Wildman–Crippen LogP) is 5.52. The Morgan fingerprint density at radius 1 is 0.889 bits per heavy atom. The van der Waals surface area contributed by atoms with Crippen molar-refractivity contribution >= 4 is 34.7 Å². The van der Waals surface area contributed by atoms with E-state index >= 15 is 0 Å². The minimum absolute atomic E-state index is 0.0942. The van der Waals surface area contributed by atoms with Crippen molar-refractivity contribution in [1.29, 1.82) is 0 Å². The van der Waals surface area contributed by atoms with Crippen LogP contribution in [0.4, 0.5) is 0 Å². The molecule has 0 N–H and O–H groups in total. The van der Waals surface area contributed by atoms with Crippen LogP contribution in [0.1, 0.15) is 17.0 Å². The smallest absolute Gasteiger partial charge is 0.266 e. The Morgan fingerprint density at radius 3 is 2.37 bits per heavy atom. The van der Waals surface area contributed by atoms with E-state index < -0.39 is 0 Å². The molecule has 0 aliphatic rings. The van der Waals surface area contributed by atoms with Gasteiger partial charge in [-0.3, -0.25) is 9.36 Å². The first-order valence-corrected chi connectivity index (χ1v) is 9.03. The highest BCUT2D eigenvalue weighted by atomic mass is 35.5. The van der Waals surface area contributed by atoms with Crippen molar-refractivity contribution in [2.45, 2.75) is 6.92 Å². The molecular formula is C23H17ClN2O. The van der Waals surface area contributed by atoms with Crippen LogP contribution in [0, 0.1) is 6.92 Å². The van der Waals surface area contributed by atoms with E-state index in [0.29, 0.717) is 21.7 Å². The van der Waals surface area contributed by atoms with Gasteiger partial charge in [-0.15, -0.1) is 0 Å². The van der Waals surface area contributed by atoms with Crippen LogP contribution in [-0.4, -0.2) is 9.55 Å². The second-order valence-corrected chi connectivity index (χ2v) is 6.73. The third-order valence-corrected chi connectivity index (χ3v) is 4.76. The molecule has 3 aromatic carbocycles. The first-order valence-electron chi connectivity index (χ1n) is 8.65. The van der Waals surface area contributed by atoms with Gasteiger partial charge in [-0.1, -0.05) is 59.6 Å². The maximum Gasteiger partial charge on any atom is 0.266 e. The molecule has 0 saturated heterocycles. The maximum absolute atomic E-state index is 13.2. The van der Waals surface area contributed by atoms with Crippen LogP contribution >= 0.6 is 11.6 Å². The van der Waals surface area contributed by atoms with Crippen LogP contribution in [0.2, 0.25) is 5.02 Å². The standard InChI is InChI=1S/C23H17ClN2O/c1-16-10-13-18(14-11-16)26-22(15-12-17-6-2-4-8-20(17)24)25-21-9-5-3-7-19(21)23(26)27/h2-15H,1H3/b15-12+. The molecule has 1 aromatic heterocycles. The van der Waals surface area contributed by atoms with E-state index in [0.717, 1.165) is 16.8 Å². The summed E-state index contributed by atoms with van der Waals surface area (Å²) in [5.41, 5.74) is 3.36. The highest BCUT2D eigenvalue weighted by Crippen LogP contribution is 2.19. The van der Waals surface area contributed by atoms with Crippen LogP contribution < -0.4 is 5.56 Å². The number of hydrogen-bond acceptors (Lipinski definition) is 2. The Labute approximate surface area is 162 Å². The first kappa shape index (κ1) is 17.3. The molecule has 27 heavy (non-hydrogen) atoms. The molecule has 4 aromatic rings. The third-order valence-electron chi connectivity index (χ3n) is 4.41. The average molecular weight is 373 g/mol. The van der Waals surface area contributed by atoms with Crippen molar-refractivity contribution in [1.82, 2.24) is 9.55 Å². The van der Waals surface area contributed by atoms with Crippen molar-refractivity contribution in [2.75, 3.05) is 0 Å². The minimum atomic E-state index is -0.0942. The van der Waals surface area contributed by atoms with Gasteiger partial charge in [-0.05, 0) is 55.0 Å². The maximum atomic E-state index is 13.2. The van der Waals surface area contributed by atoms with Crippen LogP contribution in [0.3, 0.4) is 0 Å². The molecule has 0 aliphatic heterocycles. The summed E-state index contributed by atoms with van der Waals surface area (Å²) in [6, 6.07) is 22.8. The SMILES string of the molecule is Cc1ccc(-n2c(/C=C/c3ccccc3Cl)nc3ccccc3c2=O)cc1. The fourth-order valence-electron chi connectivity index (χ4n) is 2.98. The second-order valence-electron chi connectivity index (χ2n) is 6.32. The number of fused-ring (bicyclic) bond motifs is 1. The highest BCUT2D eigenvalue weighted by Gasteiger charge is 2.11. The monoisotopic (exact) mass is 372 g/mol. The Hall–Kier alpha value is -3.17. The topological polar surface area (TPSA) is 34.9 Å². The van der Waals surface area contributed by atoms with Crippen LogP contribution in [-0.2, 0) is 0 Å². The van der Waals surface area contributed by atoms with Crippen LogP contribution in [0.5, 0.6) is 0 Å². The molecule has 0 spiro atoms. The van der Waals surface area contributed by atoms with Crippen molar-refractivity contribution < 1.29 is 0 Å². The molecular weight excluding hydrogens is 356 g/mol. The molecule has 0 unspecified atom stereocenters. The summed E-state index contributed by atoms with van der Waals surface area (Å²) in [4.78, 5) is 17.9. The van der Waals surface area contributed by atoms with Crippen LogP contribution in [0.25, 0.3) is 28.7 Å². The van der Waals surface area contributed by atoms with Gasteiger partial charge in [-0.2, -0.15) is 0 Å². The van der Waals surface area contributed by atoms with Gasteiger partial charge in [0.1, 0.15) is 5.82 Å². The van der Waals surface area contributed by atoms with Gasteiger partial charge >= 0.3 is 0 Å². The Bertz CT molecular complexity index is 1210. The molecule has 4 heteroatoms. The zero-order valence-electron chi connectivity index (χ0n) is 14.8. The van der Waals surface area contributed by atoms with E-state index in [-0.39, 0.29) is 5.56 Å². The van der Waals surface area contributed by atoms with Gasteiger partial charge in [0.05, 0.1) is 16.6 Å². The molecule has 0 saturated carbocycles. The number of rotatable bonds is 3. The van der Waals surface area contributed by atoms with Gasteiger partial charge in [0.25, 0.3) is 5.56 Å². The van der Waals surface area contributed by atoms with E-state index in [1.807, 2.05) is 85.8 Å². The molecule has 1 heterocycles. The summed E-state index contributed by atoms with van der Waals surface area (Å²) in [7, 11) is 0. The summed E-state index contributed by atoms with van der Waals surface area (Å²) in [5, 5.41) is 1.24. The largest absolute Gasteiger partial charge is 0.268 e. The average Bonchev–Trinajstić information content (AvgIpc) is 2.69. The number of nitrogens with zero attached hydrogens (tertiary/aromatic N) is 2. The lowest BCUT2D eigenvalue weighted by molar-refractivity contribution is 0.943. The highest BCUT2D eigenvalue weighted by molar-refractivity contribution is 6.32. The van der Waals surface area contributed by atoms with Crippen molar-refractivity contribution in [3.05, 3.63) is 105 Å². The summed E-state index contributed by atoms with van der Waals surface area (Å²) < 4.78 is 1.63. The second kappa shape index (κ2) is 7.22. The van der Waals surface area contributed by atoms with Crippen molar-refractivity contribution in [3.8, 4) is 5.69 Å². The van der Waals surface area contributed by atoms with Gasteiger partial charge in [0.15, 0.2) is 0 Å². The molecule has 3 nitrogen and oxygen atoms in total. The predicted molar refractivity (Wildman–Crippen MR) is 112 cm³/mol. The first-order chi connectivity index (χ1) is 13.1. The quantitative estimate of drug-likeness (QED) is 0.474. The van der Waals surface area contributed by atoms with Gasteiger partial charge in [0.2, 0.25) is 0 Å². The van der Waals surface area contributed by atoms with E-state index in [4.69, 9.17) is 16.6 Å². The minimum Gasteiger partial charge on any atom is -0.268 e. The Morgan fingerprint density at radius 2 is 1.59 bits per heavy atom. The number of halogens is 1. The summed E-state index contributed by atoms with van der Waals surface area (Å²) in [6.07, 6.45) is 3.71. The molecule has 0 fully saturated rings. The normalized spacial score (nSPS) is 11.3. The van der Waals surface area contributed by atoms with E-state index in [1.54, 1.807) is 10.6 Å². The third kappa shape index (κ3) is 3.42. The number of benzene rings is 3. The lowest BCUT2D eigenvalue weighted by atomic mass is 10.2. The van der Waals surface area contributed by atoms with Crippen molar-refractivity contribution in [2.24, 2.45) is 0 Å². The van der Waals surface area contributed by atoms with Gasteiger partial charge in [-0.25, -0.2) is 4.98 Å². The Balaban J connectivity index is 1.95. The molecule has 0 amide bonds. The fraction of sp³-hybridized carbons (Fsp3) is 0.0435. The van der Waals surface area contributed by atoms with Gasteiger partial charge in [0, 0.05) is 5.02 Å². The molecule has 132 valence electrons. The lowest BCUT2D eigenvalue weighted by Gasteiger charge is -2.12. The van der Waals surface area contributed by atoms with Crippen LogP contribution in [0.15, 0.2) is 77.6 Å². The summed E-state index contributed by atoms with van der Waals surface area (Å²) in [6.45, 7) is 2.02. The fourth-order valence-corrected chi connectivity index (χ4v) is 3.18. The lowest BCUT2D eigenvalue weighted by Crippen LogP contribution is -2.22. The van der Waals surface area contributed by atoms with Gasteiger partial charge < -0.3 is 0 Å². The van der Waals surface area contributed by atoms with Crippen molar-refractivity contribution in [3.63, 3.8) is 0 Å². The molecule has 4 rings (SSSR count). The number of hydrogen-bond donors (Lipinski definition) is 0. The number of aryl methyl sites for hydroxylation is 1. The molecule has 0 atom stereocenters. The molecule has 0 bridgehead atoms. The van der Waals surface area contributed by atoms with E-state index in [1.165, 1.54) is 0 Å². The number of aromatic nitrogens is 2. The zero-order valence-corrected chi connectivity index (χ0v) is 15.5. The molecule has 0 radical (unpaired) electrons.